The van der Waals surface area contributed by atoms with E-state index in [9.17, 15) is 18.0 Å². The van der Waals surface area contributed by atoms with Gasteiger partial charge in [0.25, 0.3) is 10.0 Å². The number of sulfonamides is 1. The zero-order valence-corrected chi connectivity index (χ0v) is 16.5. The first-order valence-electron chi connectivity index (χ1n) is 8.70. The fourth-order valence-electron chi connectivity index (χ4n) is 2.75. The molecule has 0 bridgehead atoms. The van der Waals surface area contributed by atoms with E-state index < -0.39 is 28.1 Å². The second kappa shape index (κ2) is 7.55. The number of ketones is 1. The van der Waals surface area contributed by atoms with Gasteiger partial charge in [0.05, 0.1) is 4.90 Å². The van der Waals surface area contributed by atoms with Crippen molar-refractivity contribution >= 4 is 27.6 Å². The number of ether oxygens (including phenoxy) is 1. The Hall–Kier alpha value is -3.00. The van der Waals surface area contributed by atoms with Gasteiger partial charge in [-0.3, -0.25) is 14.5 Å². The van der Waals surface area contributed by atoms with Crippen LogP contribution in [-0.4, -0.2) is 38.2 Å². The van der Waals surface area contributed by atoms with Crippen molar-refractivity contribution in [1.29, 1.82) is 0 Å². The third-order valence-corrected chi connectivity index (χ3v) is 5.72. The summed E-state index contributed by atoms with van der Waals surface area (Å²) in [4.78, 5) is 29.0. The van der Waals surface area contributed by atoms with Crippen molar-refractivity contribution in [3.05, 3.63) is 65.2 Å². The van der Waals surface area contributed by atoms with Gasteiger partial charge in [-0.15, -0.1) is 0 Å². The normalized spacial score (nSPS) is 18.0. The number of fused-ring (bicyclic) bond motifs is 1. The summed E-state index contributed by atoms with van der Waals surface area (Å²) in [6, 6.07) is 12.3. The first kappa shape index (κ1) is 19.8. The minimum absolute atomic E-state index is 0.0811. The van der Waals surface area contributed by atoms with Crippen LogP contribution in [0.3, 0.4) is 0 Å². The average molecular weight is 400 g/mol. The van der Waals surface area contributed by atoms with Gasteiger partial charge in [-0.1, -0.05) is 42.0 Å². The van der Waals surface area contributed by atoms with E-state index >= 15 is 0 Å². The Balaban J connectivity index is 1.72. The monoisotopic (exact) mass is 400 g/mol. The molecule has 1 aliphatic heterocycles. The Bertz CT molecular complexity index is 1060. The lowest BCUT2D eigenvalue weighted by Gasteiger charge is -2.14. The third-order valence-electron chi connectivity index (χ3n) is 4.32. The lowest BCUT2D eigenvalue weighted by molar-refractivity contribution is -0.147. The van der Waals surface area contributed by atoms with E-state index in [-0.39, 0.29) is 16.5 Å². The van der Waals surface area contributed by atoms with Crippen molar-refractivity contribution in [2.24, 2.45) is 4.99 Å². The standard InChI is InChI=1S/C20H20N2O5S/c1-12-8-10-15(11-9-12)18(23)14(3)27-20(24)13(2)21-19-16-6-4-5-7-17(16)28(25,26)22-19/h4-11,13-14H,1-3H3,(H,21,22)/t13-,14+/m0/s1. The highest BCUT2D eigenvalue weighted by Gasteiger charge is 2.31. The van der Waals surface area contributed by atoms with Gasteiger partial charge in [0.15, 0.2) is 6.10 Å². The van der Waals surface area contributed by atoms with Crippen LogP contribution in [0.2, 0.25) is 0 Å². The molecular weight excluding hydrogens is 380 g/mol. The highest BCUT2D eigenvalue weighted by molar-refractivity contribution is 7.90. The molecule has 0 radical (unpaired) electrons. The Morgan fingerprint density at radius 2 is 1.68 bits per heavy atom. The molecule has 0 spiro atoms. The van der Waals surface area contributed by atoms with Crippen LogP contribution in [0.25, 0.3) is 0 Å². The van der Waals surface area contributed by atoms with E-state index in [0.29, 0.717) is 11.1 Å². The van der Waals surface area contributed by atoms with Gasteiger partial charge in [0.2, 0.25) is 5.78 Å². The predicted octanol–water partition coefficient (Wildman–Crippen LogP) is 2.24. The zero-order chi connectivity index (χ0) is 20.5. The van der Waals surface area contributed by atoms with Crippen LogP contribution in [0.5, 0.6) is 0 Å². The van der Waals surface area contributed by atoms with Gasteiger partial charge in [0.1, 0.15) is 11.9 Å². The number of nitrogens with one attached hydrogen (secondary N) is 1. The van der Waals surface area contributed by atoms with Crippen LogP contribution >= 0.6 is 0 Å². The SMILES string of the molecule is Cc1ccc(C(=O)[C@@H](C)OC(=O)[C@H](C)N=C2NS(=O)(=O)c3ccccc32)cc1. The molecule has 8 heteroatoms. The van der Waals surface area contributed by atoms with E-state index in [2.05, 4.69) is 9.71 Å². The topological polar surface area (TPSA) is 102 Å². The van der Waals surface area contributed by atoms with E-state index in [1.807, 2.05) is 6.92 Å². The molecule has 1 aliphatic rings. The minimum Gasteiger partial charge on any atom is -0.453 e. The van der Waals surface area contributed by atoms with Crippen LogP contribution in [0.1, 0.15) is 35.3 Å². The van der Waals surface area contributed by atoms with Gasteiger partial charge in [-0.2, -0.15) is 0 Å². The Morgan fingerprint density at radius 3 is 2.36 bits per heavy atom. The van der Waals surface area contributed by atoms with Crippen molar-refractivity contribution in [1.82, 2.24) is 4.72 Å². The average Bonchev–Trinajstić information content (AvgIpc) is 2.92. The molecule has 0 unspecified atom stereocenters. The molecule has 1 heterocycles. The highest BCUT2D eigenvalue weighted by atomic mass is 32.2. The number of Topliss-reactive ketones (excluding diaryl/α,β-unsaturated/α-hetero) is 1. The number of amidine groups is 1. The molecular formula is C20H20N2O5S. The minimum atomic E-state index is -3.69. The lowest BCUT2D eigenvalue weighted by Crippen LogP contribution is -2.31. The molecule has 0 aromatic heterocycles. The number of hydrogen-bond donors (Lipinski definition) is 1. The fraction of sp³-hybridized carbons (Fsp3) is 0.250. The summed E-state index contributed by atoms with van der Waals surface area (Å²) < 4.78 is 31.8. The molecule has 28 heavy (non-hydrogen) atoms. The first-order valence-corrected chi connectivity index (χ1v) is 10.2. The van der Waals surface area contributed by atoms with Gasteiger partial charge in [-0.25, -0.2) is 13.2 Å². The summed E-state index contributed by atoms with van der Waals surface area (Å²) in [5.74, 6) is -0.957. The molecule has 1 N–H and O–H groups in total. The van der Waals surface area contributed by atoms with Crippen molar-refractivity contribution in [2.45, 2.75) is 37.8 Å². The number of nitrogens with zero attached hydrogens (tertiary/aromatic N) is 1. The number of carbonyl (C=O) groups excluding carboxylic acids is 2. The van der Waals surface area contributed by atoms with Crippen molar-refractivity contribution in [3.63, 3.8) is 0 Å². The maximum absolute atomic E-state index is 12.4. The summed E-state index contributed by atoms with van der Waals surface area (Å²) >= 11 is 0. The number of benzene rings is 2. The maximum atomic E-state index is 12.4. The van der Waals surface area contributed by atoms with E-state index in [1.54, 1.807) is 42.5 Å². The quantitative estimate of drug-likeness (QED) is 0.613. The number of rotatable bonds is 5. The molecule has 0 saturated heterocycles. The van der Waals surface area contributed by atoms with Gasteiger partial charge >= 0.3 is 5.97 Å². The van der Waals surface area contributed by atoms with Gasteiger partial charge in [-0.05, 0) is 32.9 Å². The van der Waals surface area contributed by atoms with E-state index in [1.165, 1.54) is 19.9 Å². The Kier molecular flexibility index (Phi) is 5.33. The van der Waals surface area contributed by atoms with Crippen molar-refractivity contribution in [2.75, 3.05) is 0 Å². The predicted molar refractivity (Wildman–Crippen MR) is 104 cm³/mol. The first-order chi connectivity index (χ1) is 13.2. The largest absolute Gasteiger partial charge is 0.453 e. The summed E-state index contributed by atoms with van der Waals surface area (Å²) in [6.07, 6.45) is -0.981. The number of esters is 1. The molecule has 146 valence electrons. The van der Waals surface area contributed by atoms with Crippen LogP contribution in [0, 0.1) is 6.92 Å². The van der Waals surface area contributed by atoms with Crippen LogP contribution < -0.4 is 4.72 Å². The molecule has 0 aliphatic carbocycles. The lowest BCUT2D eigenvalue weighted by atomic mass is 10.1. The summed E-state index contributed by atoms with van der Waals surface area (Å²) in [5, 5.41) is 0. The number of aryl methyl sites for hydroxylation is 1. The number of hydrogen-bond acceptors (Lipinski definition) is 6. The van der Waals surface area contributed by atoms with Crippen molar-refractivity contribution < 1.29 is 22.7 Å². The fourth-order valence-corrected chi connectivity index (χ4v) is 3.99. The molecule has 7 nitrogen and oxygen atoms in total. The molecule has 0 fully saturated rings. The molecule has 2 aromatic carbocycles. The Labute approximate surface area is 163 Å². The van der Waals surface area contributed by atoms with Crippen LogP contribution in [-0.2, 0) is 19.6 Å². The van der Waals surface area contributed by atoms with E-state index in [0.717, 1.165) is 5.56 Å². The third kappa shape index (κ3) is 3.96. The maximum Gasteiger partial charge on any atom is 0.331 e. The summed E-state index contributed by atoms with van der Waals surface area (Å²) in [5.41, 5.74) is 1.86. The summed E-state index contributed by atoms with van der Waals surface area (Å²) in [7, 11) is -3.69. The van der Waals surface area contributed by atoms with Crippen LogP contribution in [0.4, 0.5) is 0 Å². The van der Waals surface area contributed by atoms with Crippen LogP contribution in [0.15, 0.2) is 58.4 Å². The van der Waals surface area contributed by atoms with Gasteiger partial charge in [0, 0.05) is 11.1 Å². The molecule has 0 saturated carbocycles. The molecule has 2 atom stereocenters. The number of carbonyl (C=O) groups is 2. The van der Waals surface area contributed by atoms with Gasteiger partial charge < -0.3 is 4.74 Å². The van der Waals surface area contributed by atoms with E-state index in [4.69, 9.17) is 4.74 Å². The Morgan fingerprint density at radius 1 is 1.04 bits per heavy atom. The second-order valence-corrected chi connectivity index (χ2v) is 8.22. The van der Waals surface area contributed by atoms with Crippen molar-refractivity contribution in [3.8, 4) is 0 Å². The highest BCUT2D eigenvalue weighted by Crippen LogP contribution is 2.22. The summed E-state index contributed by atoms with van der Waals surface area (Å²) in [6.45, 7) is 4.88. The second-order valence-electron chi connectivity index (χ2n) is 6.56. The zero-order valence-electron chi connectivity index (χ0n) is 15.7. The number of aliphatic imine (C=N–C) groups is 1. The smallest absolute Gasteiger partial charge is 0.331 e. The molecule has 2 aromatic rings. The molecule has 3 rings (SSSR count). The molecule has 0 amide bonds.